The van der Waals surface area contributed by atoms with Crippen LogP contribution in [0.4, 0.5) is 5.69 Å². The first-order valence-electron chi connectivity index (χ1n) is 2.87. The SMILES string of the molecule is O=C=Nc1cc(Cl)cc(Br)c1Cl. The van der Waals surface area contributed by atoms with E-state index in [2.05, 4.69) is 20.9 Å². The fourth-order valence-corrected chi connectivity index (χ4v) is 1.62. The van der Waals surface area contributed by atoms with Crippen molar-refractivity contribution in [3.05, 3.63) is 26.7 Å². The van der Waals surface area contributed by atoms with Gasteiger partial charge in [0.25, 0.3) is 0 Å². The van der Waals surface area contributed by atoms with Gasteiger partial charge in [-0.1, -0.05) is 23.2 Å². The van der Waals surface area contributed by atoms with E-state index in [1.165, 1.54) is 12.1 Å². The van der Waals surface area contributed by atoms with Crippen LogP contribution in [-0.2, 0) is 4.79 Å². The van der Waals surface area contributed by atoms with E-state index < -0.39 is 0 Å². The average molecular weight is 267 g/mol. The molecule has 12 heavy (non-hydrogen) atoms. The third kappa shape index (κ3) is 2.08. The smallest absolute Gasteiger partial charge is 0.211 e. The maximum Gasteiger partial charge on any atom is 0.240 e. The van der Waals surface area contributed by atoms with Gasteiger partial charge in [-0.2, -0.15) is 4.99 Å². The van der Waals surface area contributed by atoms with Crippen LogP contribution in [0.15, 0.2) is 21.6 Å². The Labute approximate surface area is 87.3 Å². The molecule has 0 aliphatic carbocycles. The number of isocyanates is 1. The Balaban J connectivity index is 3.36. The highest BCUT2D eigenvalue weighted by atomic mass is 79.9. The van der Waals surface area contributed by atoms with Crippen LogP contribution >= 0.6 is 39.1 Å². The number of nitrogens with zero attached hydrogens (tertiary/aromatic N) is 1. The van der Waals surface area contributed by atoms with Crippen molar-refractivity contribution in [2.24, 2.45) is 4.99 Å². The standard InChI is InChI=1S/C7H2BrCl2NO/c8-5-1-4(9)2-6(7(5)10)11-3-12/h1-2H. The van der Waals surface area contributed by atoms with Crippen LogP contribution < -0.4 is 0 Å². The Hall–Kier alpha value is -0.340. The molecule has 0 atom stereocenters. The number of benzene rings is 1. The van der Waals surface area contributed by atoms with Crippen molar-refractivity contribution < 1.29 is 4.79 Å². The molecule has 2 nitrogen and oxygen atoms in total. The normalized spacial score (nSPS) is 9.25. The molecule has 0 aromatic heterocycles. The summed E-state index contributed by atoms with van der Waals surface area (Å²) >= 11 is 14.6. The van der Waals surface area contributed by atoms with Crippen LogP contribution in [0, 0.1) is 0 Å². The zero-order chi connectivity index (χ0) is 9.14. The summed E-state index contributed by atoms with van der Waals surface area (Å²) in [7, 11) is 0. The highest BCUT2D eigenvalue weighted by Gasteiger charge is 2.04. The van der Waals surface area contributed by atoms with Gasteiger partial charge >= 0.3 is 0 Å². The van der Waals surface area contributed by atoms with E-state index in [9.17, 15) is 4.79 Å². The van der Waals surface area contributed by atoms with Crippen LogP contribution in [0.1, 0.15) is 0 Å². The van der Waals surface area contributed by atoms with E-state index in [4.69, 9.17) is 23.2 Å². The molecule has 0 fully saturated rings. The first-order valence-corrected chi connectivity index (χ1v) is 4.42. The molecule has 1 aromatic rings. The summed E-state index contributed by atoms with van der Waals surface area (Å²) in [6.07, 6.45) is 1.39. The Bertz CT molecular complexity index is 361. The minimum absolute atomic E-state index is 0.311. The van der Waals surface area contributed by atoms with Gasteiger partial charge in [-0.25, -0.2) is 4.79 Å². The van der Waals surface area contributed by atoms with Crippen molar-refractivity contribution in [2.45, 2.75) is 0 Å². The Morgan fingerprint density at radius 1 is 1.42 bits per heavy atom. The molecule has 1 rings (SSSR count). The molecule has 0 bridgehead atoms. The molecule has 1 aromatic carbocycles. The lowest BCUT2D eigenvalue weighted by molar-refractivity contribution is 0.565. The summed E-state index contributed by atoms with van der Waals surface area (Å²) in [4.78, 5) is 13.3. The Kier molecular flexibility index (Phi) is 3.29. The van der Waals surface area contributed by atoms with Gasteiger partial charge in [0.2, 0.25) is 6.08 Å². The molecule has 0 aliphatic rings. The predicted molar refractivity (Wildman–Crippen MR) is 51.9 cm³/mol. The van der Waals surface area contributed by atoms with E-state index in [1.54, 1.807) is 6.07 Å². The second-order valence-electron chi connectivity index (χ2n) is 1.92. The zero-order valence-electron chi connectivity index (χ0n) is 5.64. The van der Waals surface area contributed by atoms with Crippen LogP contribution in [0.2, 0.25) is 10.0 Å². The van der Waals surface area contributed by atoms with Crippen molar-refractivity contribution in [1.82, 2.24) is 0 Å². The van der Waals surface area contributed by atoms with Crippen molar-refractivity contribution in [3.63, 3.8) is 0 Å². The molecule has 5 heteroatoms. The van der Waals surface area contributed by atoms with E-state index in [0.717, 1.165) is 0 Å². The minimum Gasteiger partial charge on any atom is -0.211 e. The summed E-state index contributed by atoms with van der Waals surface area (Å²) in [6, 6.07) is 3.10. The van der Waals surface area contributed by atoms with Crippen LogP contribution in [-0.4, -0.2) is 6.08 Å². The van der Waals surface area contributed by atoms with Gasteiger partial charge in [0, 0.05) is 9.50 Å². The molecule has 62 valence electrons. The van der Waals surface area contributed by atoms with Crippen LogP contribution in [0.25, 0.3) is 0 Å². The zero-order valence-corrected chi connectivity index (χ0v) is 8.74. The maximum atomic E-state index is 9.94. The first kappa shape index (κ1) is 9.75. The second-order valence-corrected chi connectivity index (χ2v) is 3.59. The summed E-state index contributed by atoms with van der Waals surface area (Å²) in [5.41, 5.74) is 0.311. The molecular weight excluding hydrogens is 265 g/mol. The largest absolute Gasteiger partial charge is 0.240 e. The molecule has 0 unspecified atom stereocenters. The van der Waals surface area contributed by atoms with Gasteiger partial charge in [0.15, 0.2) is 0 Å². The maximum absolute atomic E-state index is 9.94. The van der Waals surface area contributed by atoms with Crippen molar-refractivity contribution >= 4 is 50.9 Å². The molecule has 0 aliphatic heterocycles. The van der Waals surface area contributed by atoms with E-state index in [-0.39, 0.29) is 0 Å². The number of hydrogen-bond acceptors (Lipinski definition) is 2. The van der Waals surface area contributed by atoms with Gasteiger partial charge in [0.1, 0.15) is 0 Å². The summed E-state index contributed by atoms with van der Waals surface area (Å²) in [5, 5.41) is 0.808. The molecule has 0 radical (unpaired) electrons. The fourth-order valence-electron chi connectivity index (χ4n) is 0.673. The predicted octanol–water partition coefficient (Wildman–Crippen LogP) is 3.72. The van der Waals surface area contributed by atoms with Crippen LogP contribution in [0.5, 0.6) is 0 Å². The van der Waals surface area contributed by atoms with E-state index in [0.29, 0.717) is 20.2 Å². The summed E-state index contributed by atoms with van der Waals surface area (Å²) in [6.45, 7) is 0. The van der Waals surface area contributed by atoms with Crippen molar-refractivity contribution in [1.29, 1.82) is 0 Å². The van der Waals surface area contributed by atoms with Crippen molar-refractivity contribution in [3.8, 4) is 0 Å². The molecule has 0 amide bonds. The molecule has 0 heterocycles. The quantitative estimate of drug-likeness (QED) is 0.433. The number of carbonyl (C=O) groups excluding carboxylic acids is 1. The topological polar surface area (TPSA) is 29.4 Å². The lowest BCUT2D eigenvalue weighted by atomic mass is 10.3. The third-order valence-corrected chi connectivity index (χ3v) is 2.61. The Morgan fingerprint density at radius 3 is 2.67 bits per heavy atom. The summed E-state index contributed by atoms with van der Waals surface area (Å²) < 4.78 is 0.602. The molecular formula is C7H2BrCl2NO. The van der Waals surface area contributed by atoms with Gasteiger partial charge in [-0.3, -0.25) is 0 Å². The lowest BCUT2D eigenvalue weighted by Gasteiger charge is -1.99. The van der Waals surface area contributed by atoms with E-state index in [1.807, 2.05) is 0 Å². The molecule has 0 saturated carbocycles. The monoisotopic (exact) mass is 265 g/mol. The molecule has 0 saturated heterocycles. The number of rotatable bonds is 1. The van der Waals surface area contributed by atoms with Gasteiger partial charge in [-0.15, -0.1) is 0 Å². The van der Waals surface area contributed by atoms with Gasteiger partial charge in [0.05, 0.1) is 10.7 Å². The molecule has 0 spiro atoms. The number of aliphatic imine (C=N–C) groups is 1. The number of halogens is 3. The first-order chi connectivity index (χ1) is 5.65. The fraction of sp³-hybridized carbons (Fsp3) is 0. The average Bonchev–Trinajstić information content (AvgIpc) is 2.00. The summed E-state index contributed by atoms with van der Waals surface area (Å²) in [5.74, 6) is 0. The van der Waals surface area contributed by atoms with Gasteiger partial charge < -0.3 is 0 Å². The van der Waals surface area contributed by atoms with Crippen molar-refractivity contribution in [2.75, 3.05) is 0 Å². The lowest BCUT2D eigenvalue weighted by Crippen LogP contribution is -1.72. The Morgan fingerprint density at radius 2 is 2.08 bits per heavy atom. The van der Waals surface area contributed by atoms with Crippen LogP contribution in [0.3, 0.4) is 0 Å². The molecule has 0 N–H and O–H groups in total. The van der Waals surface area contributed by atoms with E-state index >= 15 is 0 Å². The third-order valence-electron chi connectivity index (χ3n) is 1.14. The number of hydrogen-bond donors (Lipinski definition) is 0. The second kappa shape index (κ2) is 4.06. The minimum atomic E-state index is 0.311. The highest BCUT2D eigenvalue weighted by molar-refractivity contribution is 9.10. The van der Waals surface area contributed by atoms with Gasteiger partial charge in [-0.05, 0) is 28.1 Å². The highest BCUT2D eigenvalue weighted by Crippen LogP contribution is 2.35.